The second kappa shape index (κ2) is 18.3. The Morgan fingerprint density at radius 2 is 1.67 bits per heavy atom. The first kappa shape index (κ1) is 46.6. The Morgan fingerprint density at radius 1 is 0.934 bits per heavy atom. The monoisotopic (exact) mass is 859 g/mol. The molecule has 0 bridgehead atoms. The van der Waals surface area contributed by atoms with Crippen LogP contribution in [0.15, 0.2) is 24.3 Å². The lowest BCUT2D eigenvalue weighted by atomic mass is 9.78. The quantitative estimate of drug-likeness (QED) is 0.179. The number of carboxylic acid groups (broad SMARTS) is 1. The minimum Gasteiger partial charge on any atom is -0.497 e. The lowest BCUT2D eigenvalue weighted by Gasteiger charge is -2.49. The van der Waals surface area contributed by atoms with Gasteiger partial charge in [0.1, 0.15) is 18.5 Å². The summed E-state index contributed by atoms with van der Waals surface area (Å²) in [6.45, 7) is 19.0. The van der Waals surface area contributed by atoms with Gasteiger partial charge < -0.3 is 52.5 Å². The van der Waals surface area contributed by atoms with E-state index in [1.54, 1.807) is 21.1 Å². The Labute approximate surface area is 363 Å². The van der Waals surface area contributed by atoms with Crippen LogP contribution in [0, 0.1) is 35.5 Å². The fraction of sp³-hybridized carbons (Fsp3) is 0.833. The van der Waals surface area contributed by atoms with Crippen LogP contribution in [0.3, 0.4) is 0 Å². The molecule has 0 saturated carbocycles. The van der Waals surface area contributed by atoms with Crippen molar-refractivity contribution in [2.75, 3.05) is 20.8 Å². The normalized spacial score (nSPS) is 44.0. The highest BCUT2D eigenvalue weighted by Gasteiger charge is 2.63. The van der Waals surface area contributed by atoms with E-state index in [1.807, 2.05) is 45.0 Å². The molecule has 1 N–H and O–H groups in total. The van der Waals surface area contributed by atoms with Gasteiger partial charge >= 0.3 is 11.9 Å². The van der Waals surface area contributed by atoms with Crippen LogP contribution in [0.4, 0.5) is 0 Å². The van der Waals surface area contributed by atoms with Gasteiger partial charge in [0.15, 0.2) is 17.9 Å². The van der Waals surface area contributed by atoms with Gasteiger partial charge in [-0.15, -0.1) is 0 Å². The van der Waals surface area contributed by atoms with Gasteiger partial charge in [-0.05, 0) is 82.8 Å². The number of aliphatic carboxylic acids is 1. The summed E-state index contributed by atoms with van der Waals surface area (Å²) in [6, 6.07) is 7.79. The molecule has 0 amide bonds. The van der Waals surface area contributed by atoms with E-state index in [0.717, 1.165) is 43.4 Å². The van der Waals surface area contributed by atoms with Crippen molar-refractivity contribution in [1.82, 2.24) is 0 Å². The van der Waals surface area contributed by atoms with Gasteiger partial charge in [-0.2, -0.15) is 0 Å². The van der Waals surface area contributed by atoms with Crippen LogP contribution in [0.1, 0.15) is 138 Å². The fourth-order valence-corrected chi connectivity index (χ4v) is 12.0. The van der Waals surface area contributed by atoms with Crippen molar-refractivity contribution in [2.24, 2.45) is 35.5 Å². The molecule has 1 aromatic carbocycles. The number of esters is 1. The maximum Gasteiger partial charge on any atom is 0.308 e. The van der Waals surface area contributed by atoms with Gasteiger partial charge in [0.05, 0.1) is 60.9 Å². The Bertz CT molecular complexity index is 1670. The molecule has 61 heavy (non-hydrogen) atoms. The molecule has 13 heteroatoms. The Kier molecular flexibility index (Phi) is 14.0. The average molecular weight is 859 g/mol. The molecule has 6 saturated heterocycles. The van der Waals surface area contributed by atoms with Crippen LogP contribution in [0.5, 0.6) is 5.75 Å². The number of hydrogen-bond donors (Lipinski definition) is 1. The van der Waals surface area contributed by atoms with Crippen LogP contribution in [0.2, 0.25) is 0 Å². The molecule has 344 valence electrons. The lowest BCUT2D eigenvalue weighted by Crippen LogP contribution is -2.57. The molecular formula is C48H74O13. The van der Waals surface area contributed by atoms with Crippen molar-refractivity contribution >= 4 is 11.9 Å². The Hall–Kier alpha value is -2.36. The molecule has 18 atom stereocenters. The van der Waals surface area contributed by atoms with Crippen molar-refractivity contribution < 1.29 is 62.1 Å². The highest BCUT2D eigenvalue weighted by atomic mass is 16.8. The van der Waals surface area contributed by atoms with Crippen LogP contribution < -0.4 is 4.74 Å². The van der Waals surface area contributed by atoms with Gasteiger partial charge in [0.25, 0.3) is 0 Å². The second-order valence-electron chi connectivity index (χ2n) is 19.8. The summed E-state index contributed by atoms with van der Waals surface area (Å²) in [5.74, 6) is -2.98. The summed E-state index contributed by atoms with van der Waals surface area (Å²) >= 11 is 0. The summed E-state index contributed by atoms with van der Waals surface area (Å²) in [7, 11) is 3.20. The zero-order valence-electron chi connectivity index (χ0n) is 38.5. The van der Waals surface area contributed by atoms with Gasteiger partial charge in [-0.3, -0.25) is 9.59 Å². The smallest absolute Gasteiger partial charge is 0.308 e. The van der Waals surface area contributed by atoms with E-state index in [1.165, 1.54) is 0 Å². The first-order valence-electron chi connectivity index (χ1n) is 23.2. The average Bonchev–Trinajstić information content (AvgIpc) is 4.04. The molecule has 0 unspecified atom stereocenters. The molecule has 0 aliphatic carbocycles. The SMILES string of the molecule is CCCC(=O)O[C@H]1C[C@]2(CC[C@](C)([C@H]3CC[C@@](CC)([C@@H]4O[C@H]([C@H]5O[C@@]6(CO[C@H](c7ccc(OC)cc7)O6)[C@H](C)C[C@@H]5C)C[C@@H]4C)O3)O2)O[C@H]([C@@H](C)[C@@H](OC)[C@H](C)C(=O)O)[C@@H]1C. The van der Waals surface area contributed by atoms with E-state index in [2.05, 4.69) is 34.6 Å². The number of carboxylic acids is 1. The molecule has 6 aliphatic rings. The second-order valence-corrected chi connectivity index (χ2v) is 19.8. The summed E-state index contributed by atoms with van der Waals surface area (Å²) in [5, 5.41) is 9.93. The molecule has 0 radical (unpaired) electrons. The largest absolute Gasteiger partial charge is 0.497 e. The zero-order chi connectivity index (χ0) is 44.1. The van der Waals surface area contributed by atoms with Crippen molar-refractivity contribution in [3.63, 3.8) is 0 Å². The van der Waals surface area contributed by atoms with Crippen LogP contribution >= 0.6 is 0 Å². The van der Waals surface area contributed by atoms with Crippen LogP contribution in [0.25, 0.3) is 0 Å². The molecule has 6 aliphatic heterocycles. The topological polar surface area (TPSA) is 147 Å². The van der Waals surface area contributed by atoms with E-state index in [4.69, 9.17) is 47.4 Å². The van der Waals surface area contributed by atoms with E-state index in [0.29, 0.717) is 38.7 Å². The van der Waals surface area contributed by atoms with Crippen LogP contribution in [-0.2, 0) is 52.2 Å². The number of carbonyl (C=O) groups is 2. The van der Waals surface area contributed by atoms with Crippen molar-refractivity contribution in [2.45, 2.75) is 198 Å². The third-order valence-corrected chi connectivity index (χ3v) is 15.6. The number of benzene rings is 1. The third kappa shape index (κ3) is 8.89. The molecule has 2 spiro atoms. The van der Waals surface area contributed by atoms with Gasteiger partial charge in [0, 0.05) is 49.7 Å². The molecule has 7 rings (SSSR count). The summed E-state index contributed by atoms with van der Waals surface area (Å²) < 4.78 is 65.9. The molecule has 0 aromatic heterocycles. The molecular weight excluding hydrogens is 785 g/mol. The Balaban J connectivity index is 1.05. The maximum absolute atomic E-state index is 13.0. The number of rotatable bonds is 14. The number of hydrogen-bond acceptors (Lipinski definition) is 12. The molecule has 13 nitrogen and oxygen atoms in total. The first-order valence-corrected chi connectivity index (χ1v) is 23.2. The molecule has 6 heterocycles. The van der Waals surface area contributed by atoms with Gasteiger partial charge in [-0.25, -0.2) is 0 Å². The van der Waals surface area contributed by atoms with E-state index >= 15 is 0 Å². The zero-order valence-corrected chi connectivity index (χ0v) is 38.5. The number of ether oxygens (including phenoxy) is 10. The van der Waals surface area contributed by atoms with E-state index < -0.39 is 59.3 Å². The van der Waals surface area contributed by atoms with Crippen molar-refractivity contribution in [1.29, 1.82) is 0 Å². The summed E-state index contributed by atoms with van der Waals surface area (Å²) in [4.78, 5) is 25.1. The third-order valence-electron chi connectivity index (χ3n) is 15.6. The summed E-state index contributed by atoms with van der Waals surface area (Å²) in [5.41, 5.74) is -0.257. The van der Waals surface area contributed by atoms with Gasteiger partial charge in [0.2, 0.25) is 0 Å². The predicted octanol–water partition coefficient (Wildman–Crippen LogP) is 8.39. The van der Waals surface area contributed by atoms with E-state index in [9.17, 15) is 14.7 Å². The standard InChI is InChI=1S/C48H74O13/c1-12-14-38(49)55-36-25-47(58-41(30(36)6)31(7)40(53-11)32(8)43(50)51)22-21-45(9,61-47)37-19-20-46(13-2,57-37)42-28(4)24-35(56-42)39-27(3)23-29(5)48(59-39)26-54-44(60-48)33-15-17-34(52-10)18-16-33/h15-18,27-32,35-37,39-42,44H,12-14,19-26H2,1-11H3,(H,50,51)/t27-,28-,29+,30+,31-,32-,35-,36-,37+,39-,40+,41-,42+,44-,45+,46-,47+,48+/m0/s1. The molecule has 1 aromatic rings. The molecule has 6 fully saturated rings. The fourth-order valence-electron chi connectivity index (χ4n) is 12.0. The highest BCUT2D eigenvalue weighted by molar-refractivity contribution is 5.70. The number of methoxy groups -OCH3 is 2. The lowest BCUT2D eigenvalue weighted by molar-refractivity contribution is -0.336. The summed E-state index contributed by atoms with van der Waals surface area (Å²) in [6.07, 6.45) is 4.17. The number of carbonyl (C=O) groups excluding carboxylic acids is 1. The van der Waals surface area contributed by atoms with Crippen molar-refractivity contribution in [3.05, 3.63) is 29.8 Å². The highest BCUT2D eigenvalue weighted by Crippen LogP contribution is 2.56. The maximum atomic E-state index is 13.0. The minimum absolute atomic E-state index is 0.126. The minimum atomic E-state index is -1.04. The van der Waals surface area contributed by atoms with Crippen LogP contribution in [-0.4, -0.2) is 103 Å². The van der Waals surface area contributed by atoms with Crippen molar-refractivity contribution in [3.8, 4) is 5.75 Å². The van der Waals surface area contributed by atoms with Gasteiger partial charge in [-0.1, -0.05) is 60.6 Å². The predicted molar refractivity (Wildman–Crippen MR) is 225 cm³/mol. The Morgan fingerprint density at radius 3 is 2.33 bits per heavy atom. The van der Waals surface area contributed by atoms with E-state index in [-0.39, 0.29) is 60.0 Å². The first-order chi connectivity index (χ1) is 28.9.